The van der Waals surface area contributed by atoms with E-state index < -0.39 is 5.91 Å². The maximum absolute atomic E-state index is 12.4. The quantitative estimate of drug-likeness (QED) is 0.675. The Morgan fingerprint density at radius 1 is 1.28 bits per heavy atom. The number of carbonyl (C=O) groups excluding carboxylic acids is 1. The van der Waals surface area contributed by atoms with Crippen molar-refractivity contribution in [1.82, 2.24) is 0 Å². The summed E-state index contributed by atoms with van der Waals surface area (Å²) in [6.45, 7) is 5.99. The van der Waals surface area contributed by atoms with Gasteiger partial charge in [0.25, 0.3) is 5.91 Å². The first-order chi connectivity index (χ1) is 11.9. The SMILES string of the molecule is Cc1ccccc1NC(=O)/C(C#N)=C\c1ccc2c(c1)CC(C)(C)O2. The molecule has 1 heterocycles. The van der Waals surface area contributed by atoms with Gasteiger partial charge in [-0.15, -0.1) is 0 Å². The fourth-order valence-electron chi connectivity index (χ4n) is 2.94. The van der Waals surface area contributed by atoms with Crippen LogP contribution in [0.2, 0.25) is 0 Å². The van der Waals surface area contributed by atoms with E-state index in [4.69, 9.17) is 4.74 Å². The Balaban J connectivity index is 1.83. The van der Waals surface area contributed by atoms with Crippen molar-refractivity contribution in [2.75, 3.05) is 5.32 Å². The average Bonchev–Trinajstić information content (AvgIpc) is 2.87. The molecule has 0 aromatic heterocycles. The molecule has 0 fully saturated rings. The van der Waals surface area contributed by atoms with Crippen LogP contribution in [-0.2, 0) is 11.2 Å². The van der Waals surface area contributed by atoms with Gasteiger partial charge in [0.05, 0.1) is 0 Å². The zero-order valence-corrected chi connectivity index (χ0v) is 14.6. The molecule has 0 aliphatic carbocycles. The minimum atomic E-state index is -0.408. The maximum atomic E-state index is 12.4. The zero-order chi connectivity index (χ0) is 18.0. The molecule has 0 unspecified atom stereocenters. The molecule has 4 nitrogen and oxygen atoms in total. The lowest BCUT2D eigenvalue weighted by molar-refractivity contribution is -0.112. The summed E-state index contributed by atoms with van der Waals surface area (Å²) in [6.07, 6.45) is 2.42. The predicted molar refractivity (Wildman–Crippen MR) is 98.3 cm³/mol. The van der Waals surface area contributed by atoms with E-state index in [9.17, 15) is 10.1 Å². The Hall–Kier alpha value is -3.06. The lowest BCUT2D eigenvalue weighted by Crippen LogP contribution is -2.24. The van der Waals surface area contributed by atoms with Crippen LogP contribution in [0.25, 0.3) is 6.08 Å². The minimum Gasteiger partial charge on any atom is -0.487 e. The van der Waals surface area contributed by atoms with E-state index >= 15 is 0 Å². The van der Waals surface area contributed by atoms with Crippen molar-refractivity contribution in [3.05, 3.63) is 64.7 Å². The number of hydrogen-bond donors (Lipinski definition) is 1. The van der Waals surface area contributed by atoms with Crippen LogP contribution in [0.5, 0.6) is 5.75 Å². The second-order valence-electron chi connectivity index (χ2n) is 6.84. The molecular formula is C21H20N2O2. The molecule has 0 saturated heterocycles. The Bertz CT molecular complexity index is 904. The van der Waals surface area contributed by atoms with Gasteiger partial charge in [-0.2, -0.15) is 5.26 Å². The molecule has 25 heavy (non-hydrogen) atoms. The Morgan fingerprint density at radius 3 is 2.76 bits per heavy atom. The highest BCUT2D eigenvalue weighted by molar-refractivity contribution is 6.09. The highest BCUT2D eigenvalue weighted by Gasteiger charge is 2.29. The molecule has 0 radical (unpaired) electrons. The molecule has 0 saturated carbocycles. The van der Waals surface area contributed by atoms with E-state index in [2.05, 4.69) is 5.32 Å². The van der Waals surface area contributed by atoms with Gasteiger partial charge < -0.3 is 10.1 Å². The van der Waals surface area contributed by atoms with Gasteiger partial charge in [-0.05, 0) is 61.7 Å². The third kappa shape index (κ3) is 3.72. The van der Waals surface area contributed by atoms with Gasteiger partial charge in [-0.1, -0.05) is 24.3 Å². The summed E-state index contributed by atoms with van der Waals surface area (Å²) in [5.41, 5.74) is 3.42. The van der Waals surface area contributed by atoms with Crippen LogP contribution in [0.3, 0.4) is 0 Å². The summed E-state index contributed by atoms with van der Waals surface area (Å²) in [6, 6.07) is 15.2. The number of benzene rings is 2. The molecule has 1 amide bonds. The van der Waals surface area contributed by atoms with Gasteiger partial charge in [-0.25, -0.2) is 0 Å². The van der Waals surface area contributed by atoms with E-state index in [0.717, 1.165) is 28.9 Å². The maximum Gasteiger partial charge on any atom is 0.266 e. The van der Waals surface area contributed by atoms with Gasteiger partial charge >= 0.3 is 0 Å². The highest BCUT2D eigenvalue weighted by atomic mass is 16.5. The number of aryl methyl sites for hydroxylation is 1. The van der Waals surface area contributed by atoms with E-state index in [0.29, 0.717) is 5.69 Å². The normalized spacial score (nSPS) is 15.0. The van der Waals surface area contributed by atoms with Gasteiger partial charge in [0.15, 0.2) is 0 Å². The minimum absolute atomic E-state index is 0.0707. The van der Waals surface area contributed by atoms with Crippen molar-refractivity contribution in [2.45, 2.75) is 32.8 Å². The van der Waals surface area contributed by atoms with Crippen LogP contribution in [0, 0.1) is 18.3 Å². The third-order valence-corrected chi connectivity index (χ3v) is 4.16. The predicted octanol–water partition coefficient (Wildman–Crippen LogP) is 4.25. The molecule has 0 spiro atoms. The molecule has 3 rings (SSSR count). The molecule has 0 bridgehead atoms. The Labute approximate surface area is 147 Å². The average molecular weight is 332 g/mol. The molecule has 1 aliphatic rings. The molecule has 2 aromatic carbocycles. The summed E-state index contributed by atoms with van der Waals surface area (Å²) >= 11 is 0. The first-order valence-corrected chi connectivity index (χ1v) is 8.19. The van der Waals surface area contributed by atoms with E-state index in [-0.39, 0.29) is 11.2 Å². The van der Waals surface area contributed by atoms with Crippen LogP contribution in [0.15, 0.2) is 48.0 Å². The summed E-state index contributed by atoms with van der Waals surface area (Å²) in [5, 5.41) is 12.2. The van der Waals surface area contributed by atoms with Crippen LogP contribution in [0.4, 0.5) is 5.69 Å². The second-order valence-corrected chi connectivity index (χ2v) is 6.84. The largest absolute Gasteiger partial charge is 0.487 e. The van der Waals surface area contributed by atoms with Gasteiger partial charge in [0.1, 0.15) is 23.0 Å². The van der Waals surface area contributed by atoms with Gasteiger partial charge in [-0.3, -0.25) is 4.79 Å². The van der Waals surface area contributed by atoms with E-state index in [1.54, 1.807) is 6.08 Å². The number of anilines is 1. The Kier molecular flexibility index (Phi) is 4.33. The summed E-state index contributed by atoms with van der Waals surface area (Å²) in [5.74, 6) is 0.457. The first-order valence-electron chi connectivity index (χ1n) is 8.19. The number of ether oxygens (including phenoxy) is 1. The summed E-state index contributed by atoms with van der Waals surface area (Å²) in [7, 11) is 0. The van der Waals surface area contributed by atoms with Crippen molar-refractivity contribution in [1.29, 1.82) is 5.26 Å². The van der Waals surface area contributed by atoms with Gasteiger partial charge in [0.2, 0.25) is 0 Å². The van der Waals surface area contributed by atoms with E-state index in [1.165, 1.54) is 0 Å². The number of carbonyl (C=O) groups is 1. The molecular weight excluding hydrogens is 312 g/mol. The third-order valence-electron chi connectivity index (χ3n) is 4.16. The smallest absolute Gasteiger partial charge is 0.266 e. The number of nitrogens with zero attached hydrogens (tertiary/aromatic N) is 1. The molecule has 1 aliphatic heterocycles. The van der Waals surface area contributed by atoms with Crippen molar-refractivity contribution < 1.29 is 9.53 Å². The molecule has 4 heteroatoms. The summed E-state index contributed by atoms with van der Waals surface area (Å²) < 4.78 is 5.86. The highest BCUT2D eigenvalue weighted by Crippen LogP contribution is 2.35. The first kappa shape index (κ1) is 16.8. The lowest BCUT2D eigenvalue weighted by Gasteiger charge is -2.16. The van der Waals surface area contributed by atoms with Crippen molar-refractivity contribution in [3.8, 4) is 11.8 Å². The topological polar surface area (TPSA) is 62.1 Å². The number of nitrogens with one attached hydrogen (secondary N) is 1. The fourth-order valence-corrected chi connectivity index (χ4v) is 2.94. The van der Waals surface area contributed by atoms with Crippen LogP contribution >= 0.6 is 0 Å². The van der Waals surface area contributed by atoms with E-state index in [1.807, 2.05) is 69.3 Å². The number of hydrogen-bond acceptors (Lipinski definition) is 3. The molecule has 1 N–H and O–H groups in total. The zero-order valence-electron chi connectivity index (χ0n) is 14.6. The standard InChI is InChI=1S/C21H20N2O2/c1-14-6-4-5-7-18(14)23-20(24)17(13-22)11-15-8-9-19-16(10-15)12-21(2,3)25-19/h4-11H,12H2,1-3H3,(H,23,24)/b17-11-. The second kappa shape index (κ2) is 6.45. The van der Waals surface area contributed by atoms with Crippen molar-refractivity contribution in [3.63, 3.8) is 0 Å². The van der Waals surface area contributed by atoms with Crippen LogP contribution < -0.4 is 10.1 Å². The van der Waals surface area contributed by atoms with Crippen LogP contribution in [-0.4, -0.2) is 11.5 Å². The monoisotopic (exact) mass is 332 g/mol. The van der Waals surface area contributed by atoms with Gasteiger partial charge in [0, 0.05) is 12.1 Å². The lowest BCUT2D eigenvalue weighted by atomic mass is 9.99. The van der Waals surface area contributed by atoms with Crippen molar-refractivity contribution >= 4 is 17.7 Å². The number of para-hydroxylation sites is 1. The van der Waals surface area contributed by atoms with Crippen molar-refractivity contribution in [2.24, 2.45) is 0 Å². The number of rotatable bonds is 3. The fraction of sp³-hybridized carbons (Fsp3) is 0.238. The molecule has 0 atom stereocenters. The summed E-state index contributed by atoms with van der Waals surface area (Å²) in [4.78, 5) is 12.4. The van der Waals surface area contributed by atoms with Crippen LogP contribution in [0.1, 0.15) is 30.5 Å². The Morgan fingerprint density at radius 2 is 2.04 bits per heavy atom. The number of amides is 1. The molecule has 126 valence electrons. The number of fused-ring (bicyclic) bond motifs is 1. The number of nitriles is 1. The molecule has 2 aromatic rings.